The Hall–Kier alpha value is -0.260. The number of ether oxygens (including phenoxy) is 2. The Morgan fingerprint density at radius 2 is 2.20 bits per heavy atom. The van der Waals surface area contributed by atoms with Gasteiger partial charge in [-0.05, 0) is 50.4 Å². The zero-order valence-corrected chi connectivity index (χ0v) is 11.3. The summed E-state index contributed by atoms with van der Waals surface area (Å²) in [6.45, 7) is 3.17. The third-order valence-corrected chi connectivity index (χ3v) is 4.48. The summed E-state index contributed by atoms with van der Waals surface area (Å²) in [7, 11) is 0. The minimum Gasteiger partial charge on any atom is -0.503 e. The molecule has 1 unspecified atom stereocenters. The van der Waals surface area contributed by atoms with E-state index in [4.69, 9.17) is 9.47 Å². The second-order valence-corrected chi connectivity index (χ2v) is 5.02. The summed E-state index contributed by atoms with van der Waals surface area (Å²) in [5.41, 5.74) is 1.01. The lowest BCUT2D eigenvalue weighted by atomic mass is 10.2. The first kappa shape index (κ1) is 11.2. The summed E-state index contributed by atoms with van der Waals surface area (Å²) < 4.78 is 11.9. The topological polar surface area (TPSA) is 42.0 Å². The van der Waals surface area contributed by atoms with Gasteiger partial charge in [-0.3, -0.25) is 0 Å². The minimum absolute atomic E-state index is 0.119. The normalized spacial score (nSPS) is 19.0. The van der Waals surface area contributed by atoms with Crippen molar-refractivity contribution in [3.05, 3.63) is 20.6 Å². The summed E-state index contributed by atoms with van der Waals surface area (Å²) in [6, 6.07) is 1.80. The molecule has 0 aromatic heterocycles. The molecule has 0 radical (unpaired) electrons. The number of benzene rings is 1. The van der Waals surface area contributed by atoms with Crippen molar-refractivity contribution in [2.75, 3.05) is 13.2 Å². The molecule has 2 rings (SSSR count). The summed E-state index contributed by atoms with van der Waals surface area (Å²) in [4.78, 5) is 0. The van der Waals surface area contributed by atoms with Crippen LogP contribution in [0.25, 0.3) is 0 Å². The molecule has 5 heteroatoms. The van der Waals surface area contributed by atoms with Crippen LogP contribution in [0.2, 0.25) is 0 Å². The van der Waals surface area contributed by atoms with Gasteiger partial charge in [0, 0.05) is 4.47 Å². The fourth-order valence-electron chi connectivity index (χ4n) is 1.17. The van der Waals surface area contributed by atoms with Crippen LogP contribution < -0.4 is 4.74 Å². The summed E-state index contributed by atoms with van der Waals surface area (Å²) in [5.74, 6) is 0.603. The number of phenolic OH excluding ortho intramolecular Hbond substituents is 1. The molecule has 1 atom stereocenters. The lowest BCUT2D eigenvalue weighted by Gasteiger charge is -2.11. The molecular formula is C10H10Br2O3. The molecule has 0 spiro atoms. The van der Waals surface area contributed by atoms with Gasteiger partial charge in [-0.2, -0.15) is 0 Å². The van der Waals surface area contributed by atoms with Crippen LogP contribution in [0.4, 0.5) is 0 Å². The highest BCUT2D eigenvalue weighted by molar-refractivity contribution is 9.13. The molecule has 1 saturated heterocycles. The SMILES string of the molecule is Cc1cc(OCC2CO2)c(O)c(Br)c1Br. The van der Waals surface area contributed by atoms with Crippen molar-refractivity contribution >= 4 is 31.9 Å². The number of aromatic hydroxyl groups is 1. The van der Waals surface area contributed by atoms with Gasteiger partial charge < -0.3 is 14.6 Å². The fraction of sp³-hybridized carbons (Fsp3) is 0.400. The third-order valence-electron chi connectivity index (χ3n) is 2.15. The number of aryl methyl sites for hydroxylation is 1. The second-order valence-electron chi connectivity index (χ2n) is 3.43. The van der Waals surface area contributed by atoms with Gasteiger partial charge in [0.15, 0.2) is 11.5 Å². The zero-order valence-electron chi connectivity index (χ0n) is 8.09. The predicted molar refractivity (Wildman–Crippen MR) is 63.5 cm³/mol. The molecule has 1 aliphatic heterocycles. The zero-order chi connectivity index (χ0) is 11.0. The quantitative estimate of drug-likeness (QED) is 0.862. The van der Waals surface area contributed by atoms with Crippen LogP contribution in [-0.2, 0) is 4.74 Å². The molecule has 1 N–H and O–H groups in total. The van der Waals surface area contributed by atoms with Crippen molar-refractivity contribution < 1.29 is 14.6 Å². The Morgan fingerprint density at radius 1 is 1.53 bits per heavy atom. The van der Waals surface area contributed by atoms with Crippen molar-refractivity contribution in [2.45, 2.75) is 13.0 Å². The molecule has 15 heavy (non-hydrogen) atoms. The molecule has 82 valence electrons. The largest absolute Gasteiger partial charge is 0.503 e. The smallest absolute Gasteiger partial charge is 0.173 e. The number of rotatable bonds is 3. The summed E-state index contributed by atoms with van der Waals surface area (Å²) in [6.07, 6.45) is 0.187. The Kier molecular flexibility index (Phi) is 3.23. The van der Waals surface area contributed by atoms with E-state index in [0.29, 0.717) is 16.8 Å². The van der Waals surface area contributed by atoms with E-state index in [1.54, 1.807) is 6.07 Å². The van der Waals surface area contributed by atoms with Crippen LogP contribution in [0.3, 0.4) is 0 Å². The maximum absolute atomic E-state index is 9.79. The van der Waals surface area contributed by atoms with Gasteiger partial charge in [-0.1, -0.05) is 0 Å². The number of hydrogen-bond acceptors (Lipinski definition) is 3. The van der Waals surface area contributed by atoms with Crippen LogP contribution in [0.5, 0.6) is 11.5 Å². The van der Waals surface area contributed by atoms with Crippen LogP contribution in [0.1, 0.15) is 5.56 Å². The summed E-state index contributed by atoms with van der Waals surface area (Å²) >= 11 is 6.66. The van der Waals surface area contributed by atoms with Gasteiger partial charge in [0.2, 0.25) is 0 Å². The van der Waals surface area contributed by atoms with E-state index >= 15 is 0 Å². The van der Waals surface area contributed by atoms with Gasteiger partial charge in [-0.25, -0.2) is 0 Å². The molecule has 1 aromatic rings. The van der Waals surface area contributed by atoms with E-state index in [2.05, 4.69) is 31.9 Å². The Balaban J connectivity index is 2.21. The molecule has 1 aliphatic rings. The van der Waals surface area contributed by atoms with Gasteiger partial charge >= 0.3 is 0 Å². The van der Waals surface area contributed by atoms with E-state index in [-0.39, 0.29) is 11.9 Å². The Bertz CT molecular complexity index is 389. The van der Waals surface area contributed by atoms with Gasteiger partial charge in [0.05, 0.1) is 11.1 Å². The van der Waals surface area contributed by atoms with Gasteiger partial charge in [0.25, 0.3) is 0 Å². The standard InChI is InChI=1S/C10H10Br2O3/c1-5-2-7(15-4-6-3-14-6)10(13)9(12)8(5)11/h2,6,13H,3-4H2,1H3. The highest BCUT2D eigenvalue weighted by Crippen LogP contribution is 2.41. The average molecular weight is 338 g/mol. The van der Waals surface area contributed by atoms with Crippen LogP contribution in [-0.4, -0.2) is 24.4 Å². The molecule has 0 amide bonds. The lowest BCUT2D eigenvalue weighted by molar-refractivity contribution is 0.253. The number of epoxide rings is 1. The maximum Gasteiger partial charge on any atom is 0.173 e. The molecular weight excluding hydrogens is 328 g/mol. The second kappa shape index (κ2) is 4.31. The van der Waals surface area contributed by atoms with Crippen molar-refractivity contribution in [3.8, 4) is 11.5 Å². The van der Waals surface area contributed by atoms with E-state index in [1.807, 2.05) is 6.92 Å². The first-order chi connectivity index (χ1) is 7.09. The molecule has 1 fully saturated rings. The fourth-order valence-corrected chi connectivity index (χ4v) is 1.98. The monoisotopic (exact) mass is 336 g/mol. The maximum atomic E-state index is 9.79. The van der Waals surface area contributed by atoms with Crippen molar-refractivity contribution in [1.82, 2.24) is 0 Å². The Labute approximate surface area is 105 Å². The Morgan fingerprint density at radius 3 is 2.80 bits per heavy atom. The summed E-state index contributed by atoms with van der Waals surface area (Å²) in [5, 5.41) is 9.79. The molecule has 0 aliphatic carbocycles. The van der Waals surface area contributed by atoms with E-state index in [1.165, 1.54) is 0 Å². The van der Waals surface area contributed by atoms with Crippen LogP contribution >= 0.6 is 31.9 Å². The van der Waals surface area contributed by atoms with Crippen LogP contribution in [0, 0.1) is 6.92 Å². The molecule has 0 bridgehead atoms. The molecule has 1 heterocycles. The van der Waals surface area contributed by atoms with Gasteiger partial charge in [0.1, 0.15) is 12.7 Å². The number of hydrogen-bond donors (Lipinski definition) is 1. The molecule has 3 nitrogen and oxygen atoms in total. The van der Waals surface area contributed by atoms with E-state index < -0.39 is 0 Å². The highest BCUT2D eigenvalue weighted by atomic mass is 79.9. The lowest BCUT2D eigenvalue weighted by Crippen LogP contribution is -2.04. The van der Waals surface area contributed by atoms with E-state index in [9.17, 15) is 5.11 Å². The van der Waals surface area contributed by atoms with Crippen molar-refractivity contribution in [2.24, 2.45) is 0 Å². The first-order valence-electron chi connectivity index (χ1n) is 4.51. The first-order valence-corrected chi connectivity index (χ1v) is 6.10. The van der Waals surface area contributed by atoms with Crippen LogP contribution in [0.15, 0.2) is 15.0 Å². The van der Waals surface area contributed by atoms with Gasteiger partial charge in [-0.15, -0.1) is 0 Å². The van der Waals surface area contributed by atoms with Crippen molar-refractivity contribution in [1.29, 1.82) is 0 Å². The minimum atomic E-state index is 0.119. The highest BCUT2D eigenvalue weighted by Gasteiger charge is 2.24. The van der Waals surface area contributed by atoms with E-state index in [0.717, 1.165) is 16.6 Å². The average Bonchev–Trinajstić information content (AvgIpc) is 3.02. The molecule has 0 saturated carbocycles. The van der Waals surface area contributed by atoms with Crippen molar-refractivity contribution in [3.63, 3.8) is 0 Å². The third kappa shape index (κ3) is 2.46. The number of phenols is 1. The molecule has 1 aromatic carbocycles. The number of halogens is 2. The predicted octanol–water partition coefficient (Wildman–Crippen LogP) is 3.00.